The molecular formula is C13H19ClN4OS. The van der Waals surface area contributed by atoms with Crippen molar-refractivity contribution in [1.29, 1.82) is 0 Å². The maximum atomic E-state index is 5.87. The smallest absolute Gasteiger partial charge is 0.245 e. The fourth-order valence-corrected chi connectivity index (χ4v) is 2.80. The van der Waals surface area contributed by atoms with Crippen LogP contribution in [0.3, 0.4) is 0 Å². The third kappa shape index (κ3) is 3.35. The number of imidazole rings is 1. The summed E-state index contributed by atoms with van der Waals surface area (Å²) in [5.41, 5.74) is 1.56. The van der Waals surface area contributed by atoms with Gasteiger partial charge in [0.2, 0.25) is 5.88 Å². The zero-order valence-corrected chi connectivity index (χ0v) is 13.4. The Balaban J connectivity index is 2.31. The van der Waals surface area contributed by atoms with Crippen LogP contribution >= 0.6 is 23.4 Å². The highest BCUT2D eigenvalue weighted by Crippen LogP contribution is 2.22. The fraction of sp³-hybridized carbons (Fsp3) is 0.615. The van der Waals surface area contributed by atoms with Crippen molar-refractivity contribution in [1.82, 2.24) is 19.5 Å². The molecule has 2 rings (SSSR count). The lowest BCUT2D eigenvalue weighted by molar-refractivity contribution is 0.401. The first-order valence-electron chi connectivity index (χ1n) is 6.60. The molecule has 0 bridgehead atoms. The van der Waals surface area contributed by atoms with Gasteiger partial charge in [0.15, 0.2) is 11.2 Å². The van der Waals surface area contributed by atoms with Gasteiger partial charge in [0.25, 0.3) is 0 Å². The van der Waals surface area contributed by atoms with Gasteiger partial charge in [-0.3, -0.25) is 0 Å². The van der Waals surface area contributed by atoms with Crippen LogP contribution in [-0.2, 0) is 13.0 Å². The average Bonchev–Trinajstić information content (AvgIpc) is 2.82. The lowest BCUT2D eigenvalue weighted by atomic mass is 10.3. The van der Waals surface area contributed by atoms with E-state index >= 15 is 0 Å². The van der Waals surface area contributed by atoms with Crippen molar-refractivity contribution >= 4 is 34.5 Å². The minimum Gasteiger partial charge on any atom is -0.479 e. The number of aryl methyl sites for hydroxylation is 2. The first-order chi connectivity index (χ1) is 9.81. The summed E-state index contributed by atoms with van der Waals surface area (Å²) in [6.07, 6.45) is 6.66. The predicted molar refractivity (Wildman–Crippen MR) is 83.9 cm³/mol. The second-order valence-electron chi connectivity index (χ2n) is 4.37. The number of halogens is 1. The van der Waals surface area contributed by atoms with Crippen LogP contribution in [0.25, 0.3) is 11.2 Å². The van der Waals surface area contributed by atoms with Gasteiger partial charge >= 0.3 is 0 Å². The number of rotatable bonds is 8. The molecule has 7 heteroatoms. The van der Waals surface area contributed by atoms with Gasteiger partial charge in [-0.05, 0) is 24.9 Å². The van der Waals surface area contributed by atoms with Gasteiger partial charge < -0.3 is 9.30 Å². The molecule has 2 aromatic heterocycles. The molecule has 0 saturated heterocycles. The van der Waals surface area contributed by atoms with E-state index in [1.54, 1.807) is 7.11 Å². The molecule has 0 N–H and O–H groups in total. The normalized spacial score (nSPS) is 11.2. The van der Waals surface area contributed by atoms with Crippen molar-refractivity contribution in [2.45, 2.75) is 25.8 Å². The van der Waals surface area contributed by atoms with Crippen LogP contribution in [0, 0.1) is 0 Å². The first kappa shape index (κ1) is 15.4. The Kier molecular flexibility index (Phi) is 5.91. The summed E-state index contributed by atoms with van der Waals surface area (Å²) in [5, 5.41) is 0. The van der Waals surface area contributed by atoms with Crippen molar-refractivity contribution in [2.75, 3.05) is 25.0 Å². The number of hydrogen-bond donors (Lipinski definition) is 0. The predicted octanol–water partition coefficient (Wildman–Crippen LogP) is 2.76. The van der Waals surface area contributed by atoms with Gasteiger partial charge in [-0.2, -0.15) is 16.7 Å². The number of aromatic nitrogens is 4. The Bertz CT molecular complexity index is 561. The van der Waals surface area contributed by atoms with Crippen molar-refractivity contribution in [3.8, 4) is 5.88 Å². The van der Waals surface area contributed by atoms with E-state index in [1.807, 2.05) is 11.8 Å². The number of methoxy groups -OCH3 is 1. The molecule has 0 unspecified atom stereocenters. The summed E-state index contributed by atoms with van der Waals surface area (Å²) in [7, 11) is 1.60. The maximum absolute atomic E-state index is 5.87. The number of fused-ring (bicyclic) bond motifs is 1. The minimum absolute atomic E-state index is 0.522. The molecule has 0 aliphatic rings. The largest absolute Gasteiger partial charge is 0.479 e. The number of ether oxygens (including phenoxy) is 1. The highest BCUT2D eigenvalue weighted by Gasteiger charge is 2.15. The third-order valence-electron chi connectivity index (χ3n) is 3.07. The van der Waals surface area contributed by atoms with Gasteiger partial charge in [0.05, 0.1) is 7.11 Å². The molecule has 2 heterocycles. The summed E-state index contributed by atoms with van der Waals surface area (Å²) in [6.45, 7) is 0.906. The second kappa shape index (κ2) is 7.69. The molecule has 5 nitrogen and oxygen atoms in total. The molecule has 20 heavy (non-hydrogen) atoms. The van der Waals surface area contributed by atoms with Crippen molar-refractivity contribution in [3.05, 3.63) is 12.2 Å². The Hall–Kier alpha value is -1.01. The SMILES string of the molecule is COc1ncnc2c1nc(CCCl)n2CCCCSC. The zero-order chi connectivity index (χ0) is 14.4. The molecule has 0 aliphatic carbocycles. The Morgan fingerprint density at radius 3 is 2.90 bits per heavy atom. The molecule has 0 radical (unpaired) electrons. The first-order valence-corrected chi connectivity index (χ1v) is 8.53. The van der Waals surface area contributed by atoms with E-state index in [9.17, 15) is 0 Å². The summed E-state index contributed by atoms with van der Waals surface area (Å²) in [5.74, 6) is 3.20. The monoisotopic (exact) mass is 314 g/mol. The minimum atomic E-state index is 0.522. The van der Waals surface area contributed by atoms with Gasteiger partial charge in [0.1, 0.15) is 12.2 Å². The van der Waals surface area contributed by atoms with E-state index in [2.05, 4.69) is 25.8 Å². The molecule has 0 saturated carbocycles. The highest BCUT2D eigenvalue weighted by atomic mass is 35.5. The van der Waals surface area contributed by atoms with Crippen LogP contribution in [0.15, 0.2) is 6.33 Å². The quantitative estimate of drug-likeness (QED) is 0.554. The number of alkyl halides is 1. The average molecular weight is 315 g/mol. The maximum Gasteiger partial charge on any atom is 0.245 e. The molecular weight excluding hydrogens is 296 g/mol. The Labute approximate surface area is 128 Å². The van der Waals surface area contributed by atoms with Crippen molar-refractivity contribution < 1.29 is 4.74 Å². The number of nitrogens with zero attached hydrogens (tertiary/aromatic N) is 4. The van der Waals surface area contributed by atoms with Crippen LogP contribution in [0.2, 0.25) is 0 Å². The highest BCUT2D eigenvalue weighted by molar-refractivity contribution is 7.98. The van der Waals surface area contributed by atoms with Gasteiger partial charge in [-0.25, -0.2) is 9.97 Å². The number of thioether (sulfide) groups is 1. The summed E-state index contributed by atoms with van der Waals surface area (Å²) >= 11 is 7.74. The molecule has 0 spiro atoms. The van der Waals surface area contributed by atoms with Crippen molar-refractivity contribution in [2.24, 2.45) is 0 Å². The van der Waals surface area contributed by atoms with Crippen LogP contribution in [0.4, 0.5) is 0 Å². The van der Waals surface area contributed by atoms with E-state index in [4.69, 9.17) is 16.3 Å². The fourth-order valence-electron chi connectivity index (χ4n) is 2.14. The van der Waals surface area contributed by atoms with E-state index in [0.29, 0.717) is 11.8 Å². The Morgan fingerprint density at radius 2 is 2.20 bits per heavy atom. The van der Waals surface area contributed by atoms with Crippen LogP contribution in [0.5, 0.6) is 5.88 Å². The standard InChI is InChI=1S/C13H19ClN4OS/c1-19-13-11-12(15-9-16-13)18(7-3-4-8-20-2)10(17-11)5-6-14/h9H,3-8H2,1-2H3. The lowest BCUT2D eigenvalue weighted by Crippen LogP contribution is -2.06. The van der Waals surface area contributed by atoms with E-state index < -0.39 is 0 Å². The molecule has 0 fully saturated rings. The summed E-state index contributed by atoms with van der Waals surface area (Å²) < 4.78 is 7.39. The lowest BCUT2D eigenvalue weighted by Gasteiger charge is -2.07. The zero-order valence-electron chi connectivity index (χ0n) is 11.8. The second-order valence-corrected chi connectivity index (χ2v) is 5.74. The summed E-state index contributed by atoms with van der Waals surface area (Å²) in [4.78, 5) is 13.1. The van der Waals surface area contributed by atoms with Gasteiger partial charge in [0, 0.05) is 18.8 Å². The molecule has 0 aliphatic heterocycles. The van der Waals surface area contributed by atoms with Gasteiger partial charge in [-0.1, -0.05) is 0 Å². The van der Waals surface area contributed by atoms with Crippen LogP contribution < -0.4 is 4.74 Å². The van der Waals surface area contributed by atoms with Crippen LogP contribution in [-0.4, -0.2) is 44.5 Å². The van der Waals surface area contributed by atoms with Crippen LogP contribution in [0.1, 0.15) is 18.7 Å². The number of unbranched alkanes of at least 4 members (excludes halogenated alkanes) is 1. The molecule has 110 valence electrons. The molecule has 0 aromatic carbocycles. The molecule has 0 atom stereocenters. The Morgan fingerprint density at radius 1 is 1.35 bits per heavy atom. The number of hydrogen-bond acceptors (Lipinski definition) is 5. The van der Waals surface area contributed by atoms with E-state index in [-0.39, 0.29) is 0 Å². The topological polar surface area (TPSA) is 52.8 Å². The van der Waals surface area contributed by atoms with E-state index in [1.165, 1.54) is 18.5 Å². The molecule has 2 aromatic rings. The van der Waals surface area contributed by atoms with Crippen molar-refractivity contribution in [3.63, 3.8) is 0 Å². The third-order valence-corrected chi connectivity index (χ3v) is 3.96. The van der Waals surface area contributed by atoms with Gasteiger partial charge in [-0.15, -0.1) is 11.6 Å². The van der Waals surface area contributed by atoms with E-state index in [0.717, 1.165) is 36.4 Å². The summed E-state index contributed by atoms with van der Waals surface area (Å²) in [6, 6.07) is 0. The molecule has 0 amide bonds.